The van der Waals surface area contributed by atoms with Crippen LogP contribution in [0.25, 0.3) is 10.8 Å². The lowest BCUT2D eigenvalue weighted by atomic mass is 9.93. The number of aromatic nitrogens is 2. The van der Waals surface area contributed by atoms with Crippen LogP contribution in [0, 0.1) is 12.7 Å². The first-order valence-electron chi connectivity index (χ1n) is 11.2. The molecule has 10 heteroatoms. The lowest BCUT2D eigenvalue weighted by molar-refractivity contribution is -0.0165. The number of anilines is 2. The van der Waals surface area contributed by atoms with Gasteiger partial charge in [0, 0.05) is 17.5 Å². The average molecular weight is 478 g/mol. The SMILES string of the molecule is Cc1c(N)nc2c3c(nc(Cl)c(F)c13)O[C@@H](C)[C@@H]1[C@@H]3CC[C@](C)(CN21)N3C(=O)OC(C)(C)C. The molecule has 0 saturated carbocycles. The monoisotopic (exact) mass is 477 g/mol. The van der Waals surface area contributed by atoms with E-state index in [1.165, 1.54) is 0 Å². The highest BCUT2D eigenvalue weighted by molar-refractivity contribution is 6.30. The number of nitrogens with zero attached hydrogens (tertiary/aromatic N) is 4. The van der Waals surface area contributed by atoms with Crippen molar-refractivity contribution >= 4 is 40.1 Å². The molecule has 1 amide bonds. The molecule has 2 N–H and O–H groups in total. The summed E-state index contributed by atoms with van der Waals surface area (Å²) in [7, 11) is 0. The number of nitrogen functional groups attached to an aromatic ring is 1. The minimum Gasteiger partial charge on any atom is -0.472 e. The summed E-state index contributed by atoms with van der Waals surface area (Å²) in [4.78, 5) is 26.1. The molecule has 4 atom stereocenters. The van der Waals surface area contributed by atoms with Crippen molar-refractivity contribution < 1.29 is 18.7 Å². The van der Waals surface area contributed by atoms with E-state index in [-0.39, 0.29) is 46.5 Å². The van der Waals surface area contributed by atoms with Crippen molar-refractivity contribution in [2.75, 3.05) is 17.2 Å². The van der Waals surface area contributed by atoms with E-state index in [1.807, 2.05) is 32.6 Å². The number of piperazine rings is 1. The van der Waals surface area contributed by atoms with Gasteiger partial charge in [-0.1, -0.05) is 11.6 Å². The summed E-state index contributed by atoms with van der Waals surface area (Å²) in [5.41, 5.74) is 5.63. The van der Waals surface area contributed by atoms with Crippen LogP contribution in [0.4, 0.5) is 20.8 Å². The molecule has 2 fully saturated rings. The van der Waals surface area contributed by atoms with Gasteiger partial charge in [-0.3, -0.25) is 4.90 Å². The van der Waals surface area contributed by atoms with Crippen molar-refractivity contribution in [1.29, 1.82) is 0 Å². The first-order valence-corrected chi connectivity index (χ1v) is 11.6. The second-order valence-corrected chi connectivity index (χ2v) is 11.0. The Morgan fingerprint density at radius 2 is 2.03 bits per heavy atom. The van der Waals surface area contributed by atoms with Crippen LogP contribution in [0.2, 0.25) is 5.15 Å². The highest BCUT2D eigenvalue weighted by Crippen LogP contribution is 2.50. The number of rotatable bonds is 0. The number of pyridine rings is 2. The molecule has 8 nitrogen and oxygen atoms in total. The van der Waals surface area contributed by atoms with Gasteiger partial charge in [-0.25, -0.2) is 14.2 Å². The number of nitrogens with two attached hydrogens (primary N) is 1. The van der Waals surface area contributed by atoms with E-state index in [2.05, 4.69) is 21.8 Å². The molecule has 2 aromatic heterocycles. The molecule has 0 aromatic carbocycles. The van der Waals surface area contributed by atoms with Crippen LogP contribution in [0.5, 0.6) is 5.88 Å². The van der Waals surface area contributed by atoms with Crippen molar-refractivity contribution in [2.45, 2.75) is 83.7 Å². The second-order valence-electron chi connectivity index (χ2n) is 10.6. The third-order valence-electron chi connectivity index (χ3n) is 7.07. The Kier molecular flexibility index (Phi) is 4.70. The maximum atomic E-state index is 15.2. The van der Waals surface area contributed by atoms with Crippen LogP contribution in [0.15, 0.2) is 0 Å². The molecule has 2 saturated heterocycles. The Hall–Kier alpha value is -2.55. The molecule has 0 aliphatic carbocycles. The molecule has 2 bridgehead atoms. The van der Waals surface area contributed by atoms with Gasteiger partial charge in [-0.2, -0.15) is 4.98 Å². The molecule has 0 spiro atoms. The Morgan fingerprint density at radius 1 is 1.33 bits per heavy atom. The van der Waals surface area contributed by atoms with E-state index in [9.17, 15) is 4.79 Å². The highest BCUT2D eigenvalue weighted by Gasteiger charge is 2.59. The predicted molar refractivity (Wildman–Crippen MR) is 124 cm³/mol. The van der Waals surface area contributed by atoms with Crippen LogP contribution in [-0.4, -0.2) is 56.8 Å². The fourth-order valence-electron chi connectivity index (χ4n) is 5.71. The summed E-state index contributed by atoms with van der Waals surface area (Å²) < 4.78 is 27.2. The van der Waals surface area contributed by atoms with Gasteiger partial charge in [0.1, 0.15) is 23.3 Å². The van der Waals surface area contributed by atoms with Gasteiger partial charge in [0.15, 0.2) is 11.0 Å². The summed E-state index contributed by atoms with van der Waals surface area (Å²) >= 11 is 6.13. The number of amides is 1. The number of ether oxygens (including phenoxy) is 2. The zero-order valence-electron chi connectivity index (χ0n) is 19.7. The Balaban J connectivity index is 1.69. The number of carbonyl (C=O) groups excluding carboxylic acids is 1. The first-order chi connectivity index (χ1) is 15.3. The van der Waals surface area contributed by atoms with Gasteiger partial charge in [0.25, 0.3) is 0 Å². The van der Waals surface area contributed by atoms with Gasteiger partial charge in [0.05, 0.1) is 23.0 Å². The largest absolute Gasteiger partial charge is 0.472 e. The minimum atomic E-state index is -0.639. The summed E-state index contributed by atoms with van der Waals surface area (Å²) in [6.45, 7) is 11.8. The lowest BCUT2D eigenvalue weighted by Crippen LogP contribution is -2.69. The smallest absolute Gasteiger partial charge is 0.411 e. The molecule has 33 heavy (non-hydrogen) atoms. The van der Waals surface area contributed by atoms with Crippen molar-refractivity contribution in [3.05, 3.63) is 16.5 Å². The number of hydrogen-bond acceptors (Lipinski definition) is 7. The third kappa shape index (κ3) is 3.19. The van der Waals surface area contributed by atoms with E-state index in [4.69, 9.17) is 26.8 Å². The van der Waals surface area contributed by atoms with E-state index < -0.39 is 17.0 Å². The topological polar surface area (TPSA) is 93.8 Å². The molecule has 0 unspecified atom stereocenters. The number of fused-ring (bicyclic) bond motifs is 5. The van der Waals surface area contributed by atoms with Gasteiger partial charge in [0.2, 0.25) is 5.88 Å². The maximum absolute atomic E-state index is 15.2. The lowest BCUT2D eigenvalue weighted by Gasteiger charge is -2.52. The standard InChI is InChI=1S/C23H29ClFN5O3/c1-10-13-14-19(28-18(10)26)29-9-23(6)8-7-12(30(23)21(31)33-22(3,4)5)16(29)11(2)32-20(14)27-17(24)15(13)25/h11-12,16H,7-9H2,1-6H3,(H2,26,28)/t11-,12-,16+,23+/m0/s1. The van der Waals surface area contributed by atoms with Gasteiger partial charge in [-0.05, 0) is 54.4 Å². The quantitative estimate of drug-likeness (QED) is 0.560. The molecule has 0 radical (unpaired) electrons. The van der Waals surface area contributed by atoms with Crippen LogP contribution in [0.3, 0.4) is 0 Å². The van der Waals surface area contributed by atoms with E-state index in [0.717, 1.165) is 12.8 Å². The Bertz CT molecular complexity index is 1180. The summed E-state index contributed by atoms with van der Waals surface area (Å²) in [6.07, 6.45) is 0.875. The predicted octanol–water partition coefficient (Wildman–Crippen LogP) is 4.44. The van der Waals surface area contributed by atoms with Crippen LogP contribution in [0.1, 0.15) is 53.0 Å². The minimum absolute atomic E-state index is 0.178. The Morgan fingerprint density at radius 3 is 2.70 bits per heavy atom. The average Bonchev–Trinajstić information content (AvgIpc) is 2.88. The number of carbonyl (C=O) groups is 1. The number of hydrogen-bond donors (Lipinski definition) is 1. The van der Waals surface area contributed by atoms with Crippen LogP contribution >= 0.6 is 11.6 Å². The van der Waals surface area contributed by atoms with Gasteiger partial charge < -0.3 is 20.1 Å². The zero-order valence-corrected chi connectivity index (χ0v) is 20.5. The van der Waals surface area contributed by atoms with Crippen molar-refractivity contribution in [2.24, 2.45) is 0 Å². The molecule has 5 rings (SSSR count). The molecule has 3 aliphatic heterocycles. The molecule has 5 heterocycles. The van der Waals surface area contributed by atoms with E-state index in [1.54, 1.807) is 6.92 Å². The number of aryl methyl sites for hydroxylation is 1. The molecule has 178 valence electrons. The first kappa shape index (κ1) is 22.3. The van der Waals surface area contributed by atoms with Crippen LogP contribution < -0.4 is 15.4 Å². The molecule has 2 aromatic rings. The van der Waals surface area contributed by atoms with Gasteiger partial charge in [-0.15, -0.1) is 0 Å². The second kappa shape index (κ2) is 6.98. The van der Waals surface area contributed by atoms with Crippen LogP contribution in [-0.2, 0) is 4.74 Å². The molecule has 3 aliphatic rings. The third-order valence-corrected chi connectivity index (χ3v) is 7.32. The summed E-state index contributed by atoms with van der Waals surface area (Å²) in [6, 6.07) is -0.426. The molecular weight excluding hydrogens is 449 g/mol. The van der Waals surface area contributed by atoms with E-state index in [0.29, 0.717) is 23.3 Å². The van der Waals surface area contributed by atoms with Gasteiger partial charge >= 0.3 is 6.09 Å². The molecular formula is C23H29ClFN5O3. The Labute approximate surface area is 197 Å². The summed E-state index contributed by atoms with van der Waals surface area (Å²) in [5, 5.41) is 0.465. The number of halogens is 2. The fourth-order valence-corrected chi connectivity index (χ4v) is 5.88. The zero-order chi connectivity index (χ0) is 24.0. The fraction of sp³-hybridized carbons (Fsp3) is 0.609. The van der Waals surface area contributed by atoms with E-state index >= 15 is 4.39 Å². The van der Waals surface area contributed by atoms with Crippen molar-refractivity contribution in [3.63, 3.8) is 0 Å². The summed E-state index contributed by atoms with van der Waals surface area (Å²) in [5.74, 6) is 0.334. The van der Waals surface area contributed by atoms with Crippen molar-refractivity contribution in [1.82, 2.24) is 14.9 Å². The highest BCUT2D eigenvalue weighted by atomic mass is 35.5. The van der Waals surface area contributed by atoms with Crippen molar-refractivity contribution in [3.8, 4) is 5.88 Å². The normalized spacial score (nSPS) is 28.4. The maximum Gasteiger partial charge on any atom is 0.411 e.